The number of alkyl halides is 5. The van der Waals surface area contributed by atoms with Crippen LogP contribution in [0.2, 0.25) is 0 Å². The average Bonchev–Trinajstić information content (AvgIpc) is 2.51. The summed E-state index contributed by atoms with van der Waals surface area (Å²) in [6.45, 7) is -0.336. The number of piperidine rings is 1. The van der Waals surface area contributed by atoms with Gasteiger partial charge in [-0.1, -0.05) is 19.3 Å². The molecule has 2 rings (SSSR count). The minimum absolute atomic E-state index is 0.101. The van der Waals surface area contributed by atoms with Gasteiger partial charge in [0.25, 0.3) is 0 Å². The molecule has 2 aliphatic rings. The van der Waals surface area contributed by atoms with E-state index in [-0.39, 0.29) is 24.9 Å². The second kappa shape index (κ2) is 6.86. The Morgan fingerprint density at radius 3 is 1.96 bits per heavy atom. The average molecular weight is 427 g/mol. The molecule has 0 aromatic heterocycles. The molecule has 0 aromatic carbocycles. The van der Waals surface area contributed by atoms with Crippen molar-refractivity contribution in [2.24, 2.45) is 11.8 Å². The first-order valence-electron chi connectivity index (χ1n) is 7.66. The number of halogens is 5. The Kier molecular flexibility index (Phi) is 5.61. The third-order valence-corrected chi connectivity index (χ3v) is 7.62. The SMILES string of the molecule is O=C(N1CCC2CCCCC2C1)C(F)(F)S(=O)(=O)[N-]S(=O)(=O)C(F)(F)F. The van der Waals surface area contributed by atoms with E-state index in [4.69, 9.17) is 0 Å². The van der Waals surface area contributed by atoms with Gasteiger partial charge in [0.15, 0.2) is 20.0 Å². The first kappa shape index (κ1) is 21.3. The van der Waals surface area contributed by atoms with E-state index in [9.17, 15) is 43.6 Å². The molecule has 26 heavy (non-hydrogen) atoms. The molecule has 0 spiro atoms. The number of carbonyl (C=O) groups excluding carboxylic acids is 1. The number of hydrogen-bond acceptors (Lipinski definition) is 5. The molecule has 0 bridgehead atoms. The standard InChI is InChI=1S/C12H16F5N2O5S2/c13-11(14,25(21,22)18-26(23,24)12(15,16)17)10(20)19-6-5-8-3-1-2-4-9(8)7-19/h8-9H,1-7H2/q-1. The molecular formula is C12H16F5N2O5S2-. The molecule has 1 saturated carbocycles. The van der Waals surface area contributed by atoms with E-state index in [0.29, 0.717) is 17.7 Å². The predicted molar refractivity (Wildman–Crippen MR) is 78.8 cm³/mol. The highest BCUT2D eigenvalue weighted by molar-refractivity contribution is 8.13. The van der Waals surface area contributed by atoms with Crippen LogP contribution in [0.3, 0.4) is 0 Å². The summed E-state index contributed by atoms with van der Waals surface area (Å²) in [4.78, 5) is 12.5. The third-order valence-electron chi connectivity index (χ3n) is 4.64. The summed E-state index contributed by atoms with van der Waals surface area (Å²) in [5.41, 5.74) is -6.18. The number of hydrogen-bond donors (Lipinski definition) is 0. The normalized spacial score (nSPS) is 25.7. The summed E-state index contributed by atoms with van der Waals surface area (Å²) in [5, 5.41) is -5.41. The molecule has 0 N–H and O–H groups in total. The molecule has 7 nitrogen and oxygen atoms in total. The van der Waals surface area contributed by atoms with Crippen molar-refractivity contribution in [2.75, 3.05) is 13.1 Å². The van der Waals surface area contributed by atoms with Crippen LogP contribution >= 0.6 is 0 Å². The number of fused-ring (bicyclic) bond motifs is 1. The van der Waals surface area contributed by atoms with E-state index in [1.54, 1.807) is 0 Å². The lowest BCUT2D eigenvalue weighted by Crippen LogP contribution is -2.53. The zero-order chi connectivity index (χ0) is 20.0. The quantitative estimate of drug-likeness (QED) is 0.640. The van der Waals surface area contributed by atoms with Crippen molar-refractivity contribution in [2.45, 2.75) is 42.9 Å². The lowest BCUT2D eigenvalue weighted by Gasteiger charge is -2.42. The second-order valence-electron chi connectivity index (χ2n) is 6.33. The first-order chi connectivity index (χ1) is 11.7. The van der Waals surface area contributed by atoms with Gasteiger partial charge in [-0.2, -0.15) is 22.0 Å². The van der Waals surface area contributed by atoms with Gasteiger partial charge in [-0.3, -0.25) is 4.79 Å². The lowest BCUT2D eigenvalue weighted by atomic mass is 9.75. The van der Waals surface area contributed by atoms with E-state index in [1.807, 2.05) is 0 Å². The number of sulfonamides is 2. The van der Waals surface area contributed by atoms with Gasteiger partial charge >= 0.3 is 16.7 Å². The summed E-state index contributed by atoms with van der Waals surface area (Å²) in [7, 11) is -13.3. The van der Waals surface area contributed by atoms with Crippen molar-refractivity contribution >= 4 is 26.0 Å². The van der Waals surface area contributed by atoms with E-state index in [0.717, 1.165) is 19.3 Å². The fraction of sp³-hybridized carbons (Fsp3) is 0.917. The topological polar surface area (TPSA) is 103 Å². The molecule has 2 atom stereocenters. The minimum atomic E-state index is -6.74. The third kappa shape index (κ3) is 3.96. The van der Waals surface area contributed by atoms with E-state index in [2.05, 4.69) is 0 Å². The molecule has 1 saturated heterocycles. The molecule has 2 unspecified atom stereocenters. The van der Waals surface area contributed by atoms with Crippen molar-refractivity contribution in [3.63, 3.8) is 0 Å². The highest BCUT2D eigenvalue weighted by atomic mass is 32.3. The molecule has 2 fully saturated rings. The molecule has 14 heteroatoms. The van der Waals surface area contributed by atoms with Gasteiger partial charge in [0.05, 0.1) is 0 Å². The molecule has 152 valence electrons. The zero-order valence-electron chi connectivity index (χ0n) is 13.2. The number of nitrogens with zero attached hydrogens (tertiary/aromatic N) is 2. The largest absolute Gasteiger partial charge is 0.480 e. The Bertz CT molecular complexity index is 765. The number of likely N-dealkylation sites (tertiary alicyclic amines) is 1. The Morgan fingerprint density at radius 1 is 0.885 bits per heavy atom. The summed E-state index contributed by atoms with van der Waals surface area (Å²) in [6.07, 6.45) is 3.69. The minimum Gasteiger partial charge on any atom is -0.423 e. The molecule has 1 aliphatic carbocycles. The molecule has 0 radical (unpaired) electrons. The van der Waals surface area contributed by atoms with Crippen molar-refractivity contribution in [3.8, 4) is 0 Å². The monoisotopic (exact) mass is 427 g/mol. The zero-order valence-corrected chi connectivity index (χ0v) is 14.9. The molecule has 1 amide bonds. The maximum atomic E-state index is 14.0. The summed E-state index contributed by atoms with van der Waals surface area (Å²) >= 11 is 0. The number of amides is 1. The molecule has 1 heterocycles. The summed E-state index contributed by atoms with van der Waals surface area (Å²) in [5.74, 6) is -2.15. The Hall–Kier alpha value is -1.02. The van der Waals surface area contributed by atoms with Gasteiger partial charge in [-0.25, -0.2) is 16.8 Å². The van der Waals surface area contributed by atoms with Gasteiger partial charge < -0.3 is 9.03 Å². The van der Waals surface area contributed by atoms with E-state index >= 15 is 0 Å². The number of rotatable bonds is 4. The molecule has 1 aliphatic heterocycles. The number of carbonyl (C=O) groups is 1. The lowest BCUT2D eigenvalue weighted by molar-refractivity contribution is -0.150. The van der Waals surface area contributed by atoms with Gasteiger partial charge in [0.2, 0.25) is 0 Å². The van der Waals surface area contributed by atoms with Crippen molar-refractivity contribution in [1.82, 2.24) is 4.90 Å². The van der Waals surface area contributed by atoms with Crippen molar-refractivity contribution in [1.29, 1.82) is 0 Å². The summed E-state index contributed by atoms with van der Waals surface area (Å²) < 4.78 is 110. The van der Waals surface area contributed by atoms with Crippen LogP contribution in [0.15, 0.2) is 0 Å². The van der Waals surface area contributed by atoms with Crippen molar-refractivity contribution in [3.05, 3.63) is 4.13 Å². The Labute approximate surface area is 147 Å². The fourth-order valence-corrected chi connectivity index (χ4v) is 5.39. The summed E-state index contributed by atoms with van der Waals surface area (Å²) in [6, 6.07) is 0. The molecular weight excluding hydrogens is 411 g/mol. The molecule has 0 aromatic rings. The van der Waals surface area contributed by atoms with Gasteiger partial charge in [-0.15, -0.1) is 0 Å². The first-order valence-corrected chi connectivity index (χ1v) is 10.5. The van der Waals surface area contributed by atoms with Crippen molar-refractivity contribution < 1.29 is 43.6 Å². The predicted octanol–water partition coefficient (Wildman–Crippen LogP) is 2.17. The van der Waals surface area contributed by atoms with Crippen LogP contribution in [0.4, 0.5) is 22.0 Å². The van der Waals surface area contributed by atoms with Gasteiger partial charge in [0.1, 0.15) is 0 Å². The van der Waals surface area contributed by atoms with Crippen LogP contribution in [0.1, 0.15) is 32.1 Å². The second-order valence-corrected chi connectivity index (χ2v) is 9.80. The van der Waals surface area contributed by atoms with Crippen LogP contribution in [-0.4, -0.2) is 51.5 Å². The van der Waals surface area contributed by atoms with Crippen LogP contribution < -0.4 is 0 Å². The Morgan fingerprint density at radius 2 is 1.42 bits per heavy atom. The van der Waals surface area contributed by atoms with E-state index < -0.39 is 36.7 Å². The highest BCUT2D eigenvalue weighted by Gasteiger charge is 2.54. The Balaban J connectivity index is 2.18. The van der Waals surface area contributed by atoms with Gasteiger partial charge in [-0.05, 0) is 24.7 Å². The van der Waals surface area contributed by atoms with Gasteiger partial charge in [0, 0.05) is 13.1 Å². The van der Waals surface area contributed by atoms with Crippen LogP contribution in [0.5, 0.6) is 0 Å². The van der Waals surface area contributed by atoms with Crippen LogP contribution in [0, 0.1) is 11.8 Å². The smallest absolute Gasteiger partial charge is 0.423 e. The van der Waals surface area contributed by atoms with Crippen LogP contribution in [0.25, 0.3) is 4.13 Å². The van der Waals surface area contributed by atoms with Crippen LogP contribution in [-0.2, 0) is 24.8 Å². The maximum Gasteiger partial charge on any atom is 0.480 e. The highest BCUT2D eigenvalue weighted by Crippen LogP contribution is 2.40. The fourth-order valence-electron chi connectivity index (χ4n) is 3.30. The van der Waals surface area contributed by atoms with E-state index in [1.165, 1.54) is 4.13 Å². The maximum absolute atomic E-state index is 14.0.